The molecule has 0 saturated carbocycles. The Balaban J connectivity index is 2.15. The maximum absolute atomic E-state index is 11.1. The summed E-state index contributed by atoms with van der Waals surface area (Å²) in [5.74, 6) is -0.211. The molecule has 1 unspecified atom stereocenters. The molecule has 1 aliphatic heterocycles. The summed E-state index contributed by atoms with van der Waals surface area (Å²) in [6, 6.07) is 0. The fourth-order valence-electron chi connectivity index (χ4n) is 2.29. The van der Waals surface area contributed by atoms with Crippen LogP contribution in [0.1, 0.15) is 16.9 Å². The Bertz CT molecular complexity index is 416. The van der Waals surface area contributed by atoms with Crippen LogP contribution in [-0.4, -0.2) is 53.0 Å². The number of aromatic carboxylic acids is 1. The SMILES string of the molecule is COc1cnn(CC2CCN(C)C2)c1C(=O)O. The minimum atomic E-state index is -0.995. The van der Waals surface area contributed by atoms with Crippen LogP contribution in [0.25, 0.3) is 0 Å². The van der Waals surface area contributed by atoms with Gasteiger partial charge in [-0.2, -0.15) is 5.10 Å². The van der Waals surface area contributed by atoms with Crippen LogP contribution >= 0.6 is 0 Å². The molecule has 1 aromatic heterocycles. The van der Waals surface area contributed by atoms with E-state index in [0.29, 0.717) is 18.2 Å². The van der Waals surface area contributed by atoms with Gasteiger partial charge in [0.25, 0.3) is 0 Å². The highest BCUT2D eigenvalue weighted by Gasteiger charge is 2.24. The Kier molecular flexibility index (Phi) is 3.33. The second-order valence-corrected chi connectivity index (χ2v) is 4.47. The van der Waals surface area contributed by atoms with E-state index < -0.39 is 5.97 Å². The standard InChI is InChI=1S/C11H17N3O3/c1-13-4-3-8(6-13)7-14-10(11(15)16)9(17-2)5-12-14/h5,8H,3-4,6-7H2,1-2H3,(H,15,16). The van der Waals surface area contributed by atoms with Gasteiger partial charge in [0.05, 0.1) is 13.3 Å². The van der Waals surface area contributed by atoms with Crippen LogP contribution in [0.3, 0.4) is 0 Å². The molecule has 0 amide bonds. The third-order valence-corrected chi connectivity index (χ3v) is 3.15. The van der Waals surface area contributed by atoms with Gasteiger partial charge >= 0.3 is 5.97 Å². The van der Waals surface area contributed by atoms with E-state index in [1.54, 1.807) is 0 Å². The first-order chi connectivity index (χ1) is 8.11. The molecule has 0 spiro atoms. The summed E-state index contributed by atoms with van der Waals surface area (Å²) in [5.41, 5.74) is 0.141. The Morgan fingerprint density at radius 1 is 1.71 bits per heavy atom. The van der Waals surface area contributed by atoms with Crippen LogP contribution in [0, 0.1) is 5.92 Å². The molecular weight excluding hydrogens is 222 g/mol. The van der Waals surface area contributed by atoms with Gasteiger partial charge < -0.3 is 14.7 Å². The van der Waals surface area contributed by atoms with Crippen LogP contribution in [0.15, 0.2) is 6.20 Å². The van der Waals surface area contributed by atoms with E-state index in [-0.39, 0.29) is 5.69 Å². The van der Waals surface area contributed by atoms with E-state index in [2.05, 4.69) is 17.0 Å². The highest BCUT2D eigenvalue weighted by Crippen LogP contribution is 2.21. The summed E-state index contributed by atoms with van der Waals surface area (Å²) >= 11 is 0. The van der Waals surface area contributed by atoms with Crippen molar-refractivity contribution in [1.82, 2.24) is 14.7 Å². The zero-order valence-corrected chi connectivity index (χ0v) is 10.1. The molecule has 1 fully saturated rings. The number of carboxylic acid groups (broad SMARTS) is 1. The van der Waals surface area contributed by atoms with Crippen LogP contribution in [0.4, 0.5) is 0 Å². The number of methoxy groups -OCH3 is 1. The van der Waals surface area contributed by atoms with Gasteiger partial charge in [0.15, 0.2) is 11.4 Å². The largest absolute Gasteiger partial charge is 0.493 e. The minimum absolute atomic E-state index is 0.141. The zero-order chi connectivity index (χ0) is 12.4. The molecule has 6 heteroatoms. The number of carboxylic acids is 1. The predicted molar refractivity (Wildman–Crippen MR) is 61.3 cm³/mol. The van der Waals surface area contributed by atoms with Crippen molar-refractivity contribution in [3.05, 3.63) is 11.9 Å². The average molecular weight is 239 g/mol. The molecule has 1 N–H and O–H groups in total. The van der Waals surface area contributed by atoms with Gasteiger partial charge in [0.2, 0.25) is 0 Å². The van der Waals surface area contributed by atoms with Crippen LogP contribution < -0.4 is 4.74 Å². The number of ether oxygens (including phenoxy) is 1. The summed E-state index contributed by atoms with van der Waals surface area (Å²) in [4.78, 5) is 13.4. The molecule has 1 atom stereocenters. The van der Waals surface area contributed by atoms with Crippen molar-refractivity contribution in [2.45, 2.75) is 13.0 Å². The normalized spacial score (nSPS) is 20.7. The smallest absolute Gasteiger partial charge is 0.358 e. The first-order valence-corrected chi connectivity index (χ1v) is 5.63. The van der Waals surface area contributed by atoms with Gasteiger partial charge in [-0.15, -0.1) is 0 Å². The fourth-order valence-corrected chi connectivity index (χ4v) is 2.29. The lowest BCUT2D eigenvalue weighted by Crippen LogP contribution is -2.20. The molecular formula is C11H17N3O3. The third kappa shape index (κ3) is 2.41. The van der Waals surface area contributed by atoms with Crippen LogP contribution in [0.5, 0.6) is 5.75 Å². The lowest BCUT2D eigenvalue weighted by Gasteiger charge is -2.11. The lowest BCUT2D eigenvalue weighted by molar-refractivity contribution is 0.0678. The molecule has 94 valence electrons. The maximum Gasteiger partial charge on any atom is 0.358 e. The quantitative estimate of drug-likeness (QED) is 0.830. The van der Waals surface area contributed by atoms with Gasteiger partial charge in [-0.25, -0.2) is 4.79 Å². The topological polar surface area (TPSA) is 67.6 Å². The van der Waals surface area contributed by atoms with Crippen molar-refractivity contribution in [3.63, 3.8) is 0 Å². The summed E-state index contributed by atoms with van der Waals surface area (Å²) in [6.45, 7) is 2.68. The number of aromatic nitrogens is 2. The third-order valence-electron chi connectivity index (χ3n) is 3.15. The van der Waals surface area contributed by atoms with Crippen molar-refractivity contribution in [3.8, 4) is 5.75 Å². The minimum Gasteiger partial charge on any atom is -0.493 e. The molecule has 0 bridgehead atoms. The monoisotopic (exact) mass is 239 g/mol. The molecule has 1 aliphatic rings. The Morgan fingerprint density at radius 3 is 3.00 bits per heavy atom. The van der Waals surface area contributed by atoms with Gasteiger partial charge in [-0.1, -0.05) is 0 Å². The van der Waals surface area contributed by atoms with Crippen molar-refractivity contribution in [2.75, 3.05) is 27.2 Å². The maximum atomic E-state index is 11.1. The molecule has 1 aromatic rings. The molecule has 0 aliphatic carbocycles. The molecule has 2 heterocycles. The van der Waals surface area contributed by atoms with Crippen LogP contribution in [0.2, 0.25) is 0 Å². The molecule has 0 aromatic carbocycles. The van der Waals surface area contributed by atoms with E-state index >= 15 is 0 Å². The Labute approximate surface area is 99.8 Å². The molecule has 1 saturated heterocycles. The van der Waals surface area contributed by atoms with Gasteiger partial charge in [0, 0.05) is 13.1 Å². The van der Waals surface area contributed by atoms with Gasteiger partial charge in [-0.05, 0) is 25.9 Å². The summed E-state index contributed by atoms with van der Waals surface area (Å²) in [5, 5.41) is 13.2. The van der Waals surface area contributed by atoms with Crippen molar-refractivity contribution >= 4 is 5.97 Å². The van der Waals surface area contributed by atoms with E-state index in [0.717, 1.165) is 19.5 Å². The molecule has 17 heavy (non-hydrogen) atoms. The van der Waals surface area contributed by atoms with Crippen molar-refractivity contribution < 1.29 is 14.6 Å². The predicted octanol–water partition coefficient (Wildman–Crippen LogP) is 0.542. The number of likely N-dealkylation sites (tertiary alicyclic amines) is 1. The fraction of sp³-hybridized carbons (Fsp3) is 0.636. The summed E-state index contributed by atoms with van der Waals surface area (Å²) < 4.78 is 6.53. The summed E-state index contributed by atoms with van der Waals surface area (Å²) in [7, 11) is 3.53. The number of nitrogens with zero attached hydrogens (tertiary/aromatic N) is 3. The first kappa shape index (κ1) is 11.9. The number of rotatable bonds is 4. The van der Waals surface area contributed by atoms with E-state index in [1.165, 1.54) is 18.0 Å². The first-order valence-electron chi connectivity index (χ1n) is 5.63. The zero-order valence-electron chi connectivity index (χ0n) is 10.1. The average Bonchev–Trinajstić information content (AvgIpc) is 2.85. The van der Waals surface area contributed by atoms with Gasteiger partial charge in [-0.3, -0.25) is 4.68 Å². The second kappa shape index (κ2) is 4.75. The summed E-state index contributed by atoms with van der Waals surface area (Å²) in [6.07, 6.45) is 2.54. The Morgan fingerprint density at radius 2 is 2.47 bits per heavy atom. The highest BCUT2D eigenvalue weighted by atomic mass is 16.5. The number of carbonyl (C=O) groups is 1. The van der Waals surface area contributed by atoms with E-state index in [1.807, 2.05) is 0 Å². The molecule has 0 radical (unpaired) electrons. The van der Waals surface area contributed by atoms with E-state index in [9.17, 15) is 4.79 Å². The van der Waals surface area contributed by atoms with Gasteiger partial charge in [0.1, 0.15) is 0 Å². The Hall–Kier alpha value is -1.56. The molecule has 2 rings (SSSR count). The van der Waals surface area contributed by atoms with Crippen LogP contribution in [-0.2, 0) is 6.54 Å². The number of hydrogen-bond acceptors (Lipinski definition) is 4. The lowest BCUT2D eigenvalue weighted by atomic mass is 10.1. The van der Waals surface area contributed by atoms with Crippen molar-refractivity contribution in [1.29, 1.82) is 0 Å². The second-order valence-electron chi connectivity index (χ2n) is 4.47. The van der Waals surface area contributed by atoms with Crippen molar-refractivity contribution in [2.24, 2.45) is 5.92 Å². The van der Waals surface area contributed by atoms with E-state index in [4.69, 9.17) is 9.84 Å². The molecule has 6 nitrogen and oxygen atoms in total. The highest BCUT2D eigenvalue weighted by molar-refractivity contribution is 5.88. The number of hydrogen-bond donors (Lipinski definition) is 1.